The molecule has 2 N–H and O–H groups in total. The summed E-state index contributed by atoms with van der Waals surface area (Å²) >= 11 is 0. The zero-order chi connectivity index (χ0) is 10.2. The van der Waals surface area contributed by atoms with E-state index in [0.717, 1.165) is 18.5 Å². The Morgan fingerprint density at radius 2 is 2.14 bits per heavy atom. The maximum Gasteiger partial charge on any atom is 0.0101 e. The van der Waals surface area contributed by atoms with Crippen molar-refractivity contribution in [3.05, 3.63) is 0 Å². The molecule has 82 valence electrons. The summed E-state index contributed by atoms with van der Waals surface area (Å²) in [6.45, 7) is 8.25. The first-order valence-corrected chi connectivity index (χ1v) is 6.05. The Morgan fingerprint density at radius 3 is 2.64 bits per heavy atom. The van der Waals surface area contributed by atoms with Crippen LogP contribution in [0.5, 0.6) is 0 Å². The van der Waals surface area contributed by atoms with Gasteiger partial charge in [-0.3, -0.25) is 0 Å². The topological polar surface area (TPSA) is 29.3 Å². The lowest BCUT2D eigenvalue weighted by atomic mass is 9.91. The molecule has 0 amide bonds. The summed E-state index contributed by atoms with van der Waals surface area (Å²) in [7, 11) is 0. The second-order valence-corrected chi connectivity index (χ2v) is 5.95. The molecular weight excluding hydrogens is 172 g/mol. The van der Waals surface area contributed by atoms with Crippen LogP contribution in [0.15, 0.2) is 0 Å². The molecule has 2 rings (SSSR count). The molecule has 0 spiro atoms. The van der Waals surface area contributed by atoms with Crippen LogP contribution >= 0.6 is 0 Å². The van der Waals surface area contributed by atoms with Crippen LogP contribution in [0.4, 0.5) is 0 Å². The first-order valence-electron chi connectivity index (χ1n) is 6.05. The molecule has 2 unspecified atom stereocenters. The van der Waals surface area contributed by atoms with Gasteiger partial charge in [0.15, 0.2) is 0 Å². The van der Waals surface area contributed by atoms with Crippen molar-refractivity contribution in [1.82, 2.24) is 4.90 Å². The average molecular weight is 196 g/mol. The number of nitrogens with zero attached hydrogens (tertiary/aromatic N) is 1. The van der Waals surface area contributed by atoms with Gasteiger partial charge in [0, 0.05) is 12.6 Å². The fraction of sp³-hybridized carbons (Fsp3) is 1.00. The predicted octanol–water partition coefficient (Wildman–Crippen LogP) is 1.85. The van der Waals surface area contributed by atoms with Crippen LogP contribution in [0.1, 0.15) is 39.5 Å². The van der Waals surface area contributed by atoms with E-state index in [-0.39, 0.29) is 0 Å². The lowest BCUT2D eigenvalue weighted by Crippen LogP contribution is -2.32. The van der Waals surface area contributed by atoms with Gasteiger partial charge in [0.25, 0.3) is 0 Å². The van der Waals surface area contributed by atoms with Gasteiger partial charge in [-0.1, -0.05) is 13.8 Å². The van der Waals surface area contributed by atoms with Gasteiger partial charge >= 0.3 is 0 Å². The van der Waals surface area contributed by atoms with Crippen LogP contribution in [-0.4, -0.2) is 30.6 Å². The molecule has 1 aliphatic carbocycles. The van der Waals surface area contributed by atoms with Crippen LogP contribution in [-0.2, 0) is 0 Å². The molecule has 1 aliphatic heterocycles. The quantitative estimate of drug-likeness (QED) is 0.730. The molecule has 2 aliphatic rings. The van der Waals surface area contributed by atoms with Crippen LogP contribution in [0.25, 0.3) is 0 Å². The molecule has 2 heteroatoms. The Bertz CT molecular complexity index is 200. The Hall–Kier alpha value is -0.0800. The highest BCUT2D eigenvalue weighted by molar-refractivity contribution is 4.91. The Morgan fingerprint density at radius 1 is 1.36 bits per heavy atom. The predicted molar refractivity (Wildman–Crippen MR) is 60.2 cm³/mol. The van der Waals surface area contributed by atoms with Crippen molar-refractivity contribution in [3.8, 4) is 0 Å². The minimum Gasteiger partial charge on any atom is -0.330 e. The highest BCUT2D eigenvalue weighted by atomic mass is 15.2. The maximum absolute atomic E-state index is 5.72. The lowest BCUT2D eigenvalue weighted by Gasteiger charge is -2.25. The van der Waals surface area contributed by atoms with Gasteiger partial charge in [0.05, 0.1) is 0 Å². The summed E-state index contributed by atoms with van der Waals surface area (Å²) in [4.78, 5) is 2.69. The maximum atomic E-state index is 5.72. The third kappa shape index (κ3) is 2.12. The van der Waals surface area contributed by atoms with Crippen LogP contribution in [0.3, 0.4) is 0 Å². The molecule has 0 radical (unpaired) electrons. The second kappa shape index (κ2) is 3.82. The molecule has 1 heterocycles. The summed E-state index contributed by atoms with van der Waals surface area (Å²) in [6.07, 6.45) is 5.53. The lowest BCUT2D eigenvalue weighted by molar-refractivity contribution is 0.221. The third-order valence-electron chi connectivity index (χ3n) is 4.11. The monoisotopic (exact) mass is 196 g/mol. The van der Waals surface area contributed by atoms with Crippen LogP contribution < -0.4 is 5.73 Å². The van der Waals surface area contributed by atoms with E-state index in [1.807, 2.05) is 0 Å². The Balaban J connectivity index is 1.86. The van der Waals surface area contributed by atoms with E-state index < -0.39 is 0 Å². The average Bonchev–Trinajstić information content (AvgIpc) is 2.70. The number of hydrogen-bond acceptors (Lipinski definition) is 2. The van der Waals surface area contributed by atoms with Gasteiger partial charge in [-0.05, 0) is 50.1 Å². The molecule has 14 heavy (non-hydrogen) atoms. The summed E-state index contributed by atoms with van der Waals surface area (Å²) in [5, 5.41) is 0. The Kier molecular flexibility index (Phi) is 2.85. The summed E-state index contributed by atoms with van der Waals surface area (Å²) < 4.78 is 0. The fourth-order valence-electron chi connectivity index (χ4n) is 3.10. The van der Waals surface area contributed by atoms with Gasteiger partial charge < -0.3 is 10.6 Å². The zero-order valence-corrected chi connectivity index (χ0v) is 9.63. The van der Waals surface area contributed by atoms with Gasteiger partial charge in [-0.15, -0.1) is 0 Å². The first-order chi connectivity index (χ1) is 6.61. The van der Waals surface area contributed by atoms with E-state index >= 15 is 0 Å². The third-order valence-corrected chi connectivity index (χ3v) is 4.11. The number of hydrogen-bond donors (Lipinski definition) is 1. The van der Waals surface area contributed by atoms with E-state index in [9.17, 15) is 0 Å². The normalized spacial score (nSPS) is 37.9. The van der Waals surface area contributed by atoms with Crippen molar-refractivity contribution < 1.29 is 0 Å². The molecule has 0 aromatic rings. The molecule has 2 nitrogen and oxygen atoms in total. The number of likely N-dealkylation sites (tertiary alicyclic amines) is 1. The van der Waals surface area contributed by atoms with Crippen molar-refractivity contribution in [2.75, 3.05) is 19.6 Å². The molecule has 0 aromatic heterocycles. The van der Waals surface area contributed by atoms with Crippen molar-refractivity contribution in [1.29, 1.82) is 0 Å². The van der Waals surface area contributed by atoms with Crippen molar-refractivity contribution in [2.45, 2.75) is 45.6 Å². The van der Waals surface area contributed by atoms with E-state index in [1.165, 1.54) is 38.8 Å². The van der Waals surface area contributed by atoms with E-state index in [2.05, 4.69) is 18.7 Å². The SMILES string of the molecule is CC1(C)CCC(N2CCC(CN)C2)C1. The number of nitrogens with two attached hydrogens (primary N) is 1. The molecular formula is C12H24N2. The van der Waals surface area contributed by atoms with Gasteiger partial charge in [-0.2, -0.15) is 0 Å². The van der Waals surface area contributed by atoms with Crippen molar-refractivity contribution in [3.63, 3.8) is 0 Å². The molecule has 1 saturated carbocycles. The fourth-order valence-corrected chi connectivity index (χ4v) is 3.10. The summed E-state index contributed by atoms with van der Waals surface area (Å²) in [6, 6.07) is 0.863. The van der Waals surface area contributed by atoms with Crippen molar-refractivity contribution >= 4 is 0 Å². The minimum absolute atomic E-state index is 0.589. The summed E-state index contributed by atoms with van der Waals surface area (Å²) in [5.74, 6) is 0.777. The second-order valence-electron chi connectivity index (χ2n) is 5.95. The van der Waals surface area contributed by atoms with Crippen LogP contribution in [0.2, 0.25) is 0 Å². The molecule has 0 aromatic carbocycles. The van der Waals surface area contributed by atoms with Gasteiger partial charge in [0.2, 0.25) is 0 Å². The van der Waals surface area contributed by atoms with Gasteiger partial charge in [0.1, 0.15) is 0 Å². The zero-order valence-electron chi connectivity index (χ0n) is 9.63. The molecule has 2 fully saturated rings. The highest BCUT2D eigenvalue weighted by Gasteiger charge is 2.36. The molecule has 0 bridgehead atoms. The van der Waals surface area contributed by atoms with Crippen LogP contribution in [0, 0.1) is 11.3 Å². The standard InChI is InChI=1S/C12H24N2/c1-12(2)5-3-11(7-12)14-6-4-10(8-13)9-14/h10-11H,3-9,13H2,1-2H3. The highest BCUT2D eigenvalue weighted by Crippen LogP contribution is 2.40. The molecule has 2 atom stereocenters. The Labute approximate surface area is 87.8 Å². The minimum atomic E-state index is 0.589. The summed E-state index contributed by atoms with van der Waals surface area (Å²) in [5.41, 5.74) is 6.31. The number of rotatable bonds is 2. The smallest absolute Gasteiger partial charge is 0.0101 e. The van der Waals surface area contributed by atoms with E-state index in [0.29, 0.717) is 5.41 Å². The van der Waals surface area contributed by atoms with E-state index in [1.54, 1.807) is 0 Å². The molecule has 1 saturated heterocycles. The first kappa shape index (κ1) is 10.4. The van der Waals surface area contributed by atoms with E-state index in [4.69, 9.17) is 5.73 Å². The van der Waals surface area contributed by atoms with Gasteiger partial charge in [-0.25, -0.2) is 0 Å². The largest absolute Gasteiger partial charge is 0.330 e. The van der Waals surface area contributed by atoms with Crippen molar-refractivity contribution in [2.24, 2.45) is 17.1 Å².